The molecule has 130 valence electrons. The van der Waals surface area contributed by atoms with Crippen LogP contribution in [0.2, 0.25) is 0 Å². The summed E-state index contributed by atoms with van der Waals surface area (Å²) in [5.74, 6) is 0.864. The van der Waals surface area contributed by atoms with E-state index in [-0.39, 0.29) is 6.23 Å². The van der Waals surface area contributed by atoms with Gasteiger partial charge in [0.25, 0.3) is 0 Å². The highest BCUT2D eigenvalue weighted by atomic mass is 127. The van der Waals surface area contributed by atoms with Crippen LogP contribution in [0.3, 0.4) is 0 Å². The maximum atomic E-state index is 6.19. The average Bonchev–Trinajstić information content (AvgIpc) is 2.65. The van der Waals surface area contributed by atoms with E-state index in [0.29, 0.717) is 0 Å². The summed E-state index contributed by atoms with van der Waals surface area (Å²) in [5.41, 5.74) is 4.40. The lowest BCUT2D eigenvalue weighted by Gasteiger charge is -2.25. The van der Waals surface area contributed by atoms with Gasteiger partial charge in [-0.15, -0.1) is 0 Å². The molecule has 0 aliphatic carbocycles. The van der Waals surface area contributed by atoms with E-state index in [1.54, 1.807) is 0 Å². The minimum atomic E-state index is -0.321. The summed E-state index contributed by atoms with van der Waals surface area (Å²) in [4.78, 5) is 4.95. The second-order valence-electron chi connectivity index (χ2n) is 6.01. The largest absolute Gasteiger partial charge is 0.464 e. The molecule has 4 rings (SSSR count). The molecule has 26 heavy (non-hydrogen) atoms. The molecule has 0 spiro atoms. The minimum absolute atomic E-state index is 0.321. The van der Waals surface area contributed by atoms with Crippen molar-refractivity contribution in [2.75, 3.05) is 0 Å². The van der Waals surface area contributed by atoms with Gasteiger partial charge in [-0.2, -0.15) is 0 Å². The third-order valence-corrected chi connectivity index (χ3v) is 6.26. The molecule has 1 atom stereocenters. The van der Waals surface area contributed by atoms with E-state index in [4.69, 9.17) is 9.73 Å². The van der Waals surface area contributed by atoms with E-state index >= 15 is 0 Å². The van der Waals surface area contributed by atoms with Gasteiger partial charge in [0.05, 0.1) is 5.71 Å². The molecule has 3 aromatic rings. The van der Waals surface area contributed by atoms with Crippen molar-refractivity contribution in [2.24, 2.45) is 4.99 Å². The summed E-state index contributed by atoms with van der Waals surface area (Å²) in [7, 11) is 0. The van der Waals surface area contributed by atoms with Gasteiger partial charge < -0.3 is 4.74 Å². The Morgan fingerprint density at radius 2 is 1.65 bits per heavy atom. The Bertz CT molecular complexity index is 989. The molecule has 0 fully saturated rings. The summed E-state index contributed by atoms with van der Waals surface area (Å²) < 4.78 is 9.50. The lowest BCUT2D eigenvalue weighted by molar-refractivity contribution is 0.210. The fourth-order valence-electron chi connectivity index (χ4n) is 2.95. The van der Waals surface area contributed by atoms with Crippen molar-refractivity contribution in [3.8, 4) is 5.75 Å². The summed E-state index contributed by atoms with van der Waals surface area (Å²) in [6.07, 6.45) is 0.441. The Hall–Kier alpha value is -1.18. The lowest BCUT2D eigenvalue weighted by atomic mass is 9.99. The van der Waals surface area contributed by atoms with Crippen molar-refractivity contribution in [1.29, 1.82) is 0 Å². The summed E-state index contributed by atoms with van der Waals surface area (Å²) >= 11 is 9.50. The van der Waals surface area contributed by atoms with Crippen LogP contribution in [-0.4, -0.2) is 5.71 Å². The molecule has 0 saturated carbocycles. The molecule has 0 aromatic heterocycles. The first-order valence-corrected chi connectivity index (χ1v) is 10.8. The van der Waals surface area contributed by atoms with Crippen molar-refractivity contribution in [3.05, 3.63) is 95.9 Å². The number of halogens is 3. The van der Waals surface area contributed by atoms with Crippen molar-refractivity contribution in [2.45, 2.75) is 12.6 Å². The van der Waals surface area contributed by atoms with Gasteiger partial charge in [-0.05, 0) is 64.6 Å². The van der Waals surface area contributed by atoms with Gasteiger partial charge in [-0.1, -0.05) is 62.2 Å². The van der Waals surface area contributed by atoms with E-state index in [2.05, 4.69) is 90.8 Å². The molecule has 1 unspecified atom stereocenters. The number of fused-ring (bicyclic) bond motifs is 1. The predicted octanol–water partition coefficient (Wildman–Crippen LogP) is 6.94. The standard InChI is InChI=1S/C21H14Br2INO/c22-15-7-9-18(24)14(10-15)11-19-17-8-6-16(23)12-20(17)26-21(25-19)13-4-2-1-3-5-13/h1-10,12,21H,11H2. The molecule has 2 nitrogen and oxygen atoms in total. The number of hydrogen-bond donors (Lipinski definition) is 0. The van der Waals surface area contributed by atoms with Crippen LogP contribution in [0.15, 0.2) is 80.7 Å². The summed E-state index contributed by atoms with van der Waals surface area (Å²) in [6, 6.07) is 22.6. The van der Waals surface area contributed by atoms with Crippen molar-refractivity contribution in [1.82, 2.24) is 0 Å². The molecular formula is C21H14Br2INO. The van der Waals surface area contributed by atoms with E-state index in [9.17, 15) is 0 Å². The highest BCUT2D eigenvalue weighted by molar-refractivity contribution is 14.1. The second kappa shape index (κ2) is 7.82. The summed E-state index contributed by atoms with van der Waals surface area (Å²) in [6.45, 7) is 0. The van der Waals surface area contributed by atoms with Crippen LogP contribution < -0.4 is 4.74 Å². The molecule has 0 N–H and O–H groups in total. The Labute approximate surface area is 183 Å². The molecule has 0 amide bonds. The van der Waals surface area contributed by atoms with Gasteiger partial charge in [0.1, 0.15) is 5.75 Å². The molecule has 5 heteroatoms. The van der Waals surface area contributed by atoms with Gasteiger partial charge in [-0.25, -0.2) is 4.99 Å². The topological polar surface area (TPSA) is 21.6 Å². The Morgan fingerprint density at radius 1 is 0.923 bits per heavy atom. The first-order chi connectivity index (χ1) is 12.6. The normalized spacial score (nSPS) is 15.8. The number of hydrogen-bond acceptors (Lipinski definition) is 2. The van der Waals surface area contributed by atoms with E-state index in [0.717, 1.165) is 38.0 Å². The van der Waals surface area contributed by atoms with Crippen LogP contribution in [0.1, 0.15) is 22.9 Å². The number of nitrogens with zero attached hydrogens (tertiary/aromatic N) is 1. The van der Waals surface area contributed by atoms with Crippen LogP contribution in [0, 0.1) is 3.57 Å². The smallest absolute Gasteiger partial charge is 0.216 e. The maximum absolute atomic E-state index is 6.19. The molecule has 1 aliphatic heterocycles. The van der Waals surface area contributed by atoms with Gasteiger partial charge in [-0.3, -0.25) is 0 Å². The van der Waals surface area contributed by atoms with Crippen LogP contribution in [-0.2, 0) is 6.42 Å². The molecule has 1 aliphatic rings. The molecule has 3 aromatic carbocycles. The number of aliphatic imine (C=N–C) groups is 1. The number of benzene rings is 3. The minimum Gasteiger partial charge on any atom is -0.464 e. The lowest BCUT2D eigenvalue weighted by Crippen LogP contribution is -2.19. The first kappa shape index (κ1) is 18.2. The zero-order valence-electron chi connectivity index (χ0n) is 13.6. The molecule has 0 radical (unpaired) electrons. The zero-order chi connectivity index (χ0) is 18.1. The highest BCUT2D eigenvalue weighted by Crippen LogP contribution is 2.35. The monoisotopic (exact) mass is 581 g/mol. The van der Waals surface area contributed by atoms with Crippen LogP contribution in [0.25, 0.3) is 0 Å². The fraction of sp³-hybridized carbons (Fsp3) is 0.0952. The molecule has 0 saturated heterocycles. The molecule has 1 heterocycles. The van der Waals surface area contributed by atoms with Gasteiger partial charge >= 0.3 is 0 Å². The number of rotatable bonds is 3. The summed E-state index contributed by atoms with van der Waals surface area (Å²) in [5, 5.41) is 0. The van der Waals surface area contributed by atoms with Crippen LogP contribution in [0.5, 0.6) is 5.75 Å². The highest BCUT2D eigenvalue weighted by Gasteiger charge is 2.24. The van der Waals surface area contributed by atoms with E-state index < -0.39 is 0 Å². The van der Waals surface area contributed by atoms with Crippen LogP contribution >= 0.6 is 54.5 Å². The van der Waals surface area contributed by atoms with Crippen molar-refractivity contribution in [3.63, 3.8) is 0 Å². The Morgan fingerprint density at radius 3 is 2.46 bits per heavy atom. The first-order valence-electron chi connectivity index (χ1n) is 8.12. The third-order valence-electron chi connectivity index (χ3n) is 4.22. The Balaban J connectivity index is 1.78. The average molecular weight is 583 g/mol. The predicted molar refractivity (Wildman–Crippen MR) is 121 cm³/mol. The van der Waals surface area contributed by atoms with Crippen molar-refractivity contribution < 1.29 is 4.74 Å². The van der Waals surface area contributed by atoms with E-state index in [1.807, 2.05) is 30.3 Å². The van der Waals surface area contributed by atoms with E-state index in [1.165, 1.54) is 9.13 Å². The quantitative estimate of drug-likeness (QED) is 0.307. The van der Waals surface area contributed by atoms with Gasteiger partial charge in [0, 0.05) is 30.1 Å². The van der Waals surface area contributed by atoms with Gasteiger partial charge in [0.2, 0.25) is 6.23 Å². The number of ether oxygens (including phenoxy) is 1. The van der Waals surface area contributed by atoms with Gasteiger partial charge in [0.15, 0.2) is 0 Å². The fourth-order valence-corrected chi connectivity index (χ4v) is 4.22. The molecule has 0 bridgehead atoms. The second-order valence-corrected chi connectivity index (χ2v) is 9.00. The van der Waals surface area contributed by atoms with Crippen LogP contribution in [0.4, 0.5) is 0 Å². The SMILES string of the molecule is Brc1ccc(I)c(CC2=NC(c3ccccc3)Oc3cc(Br)ccc32)c1. The Kier molecular flexibility index (Phi) is 5.47. The van der Waals surface area contributed by atoms with Crippen molar-refractivity contribution >= 4 is 60.2 Å². The zero-order valence-corrected chi connectivity index (χ0v) is 19.0. The maximum Gasteiger partial charge on any atom is 0.216 e. The third kappa shape index (κ3) is 3.89. The molecular weight excluding hydrogens is 569 g/mol.